The first-order valence-electron chi connectivity index (χ1n) is 8.83. The van der Waals surface area contributed by atoms with Crippen LogP contribution in [-0.2, 0) is 17.2 Å². The highest BCUT2D eigenvalue weighted by Gasteiger charge is 2.18. The number of rotatable bonds is 7. The molecule has 146 valence electrons. The number of nitrogens with one attached hydrogen (secondary N) is 1. The summed E-state index contributed by atoms with van der Waals surface area (Å²) in [7, 11) is -1.31. The summed E-state index contributed by atoms with van der Waals surface area (Å²) >= 11 is 0. The van der Waals surface area contributed by atoms with E-state index in [1.54, 1.807) is 30.3 Å². The number of amides is 2. The van der Waals surface area contributed by atoms with Crippen LogP contribution in [0.15, 0.2) is 41.6 Å². The van der Waals surface area contributed by atoms with E-state index >= 15 is 0 Å². The Morgan fingerprint density at radius 1 is 1.29 bits per heavy atom. The fourth-order valence-electron chi connectivity index (χ4n) is 2.87. The Hall–Kier alpha value is -3.07. The van der Waals surface area contributed by atoms with E-state index in [-0.39, 0.29) is 5.69 Å². The predicted molar refractivity (Wildman–Crippen MR) is 107 cm³/mol. The molecule has 1 atom stereocenters. The minimum Gasteiger partial charge on any atom is -0.364 e. The molecule has 8 nitrogen and oxygen atoms in total. The Balaban J connectivity index is 2.05. The van der Waals surface area contributed by atoms with Crippen molar-refractivity contribution in [3.05, 3.63) is 53.6 Å². The number of fused-ring (bicyclic) bond motifs is 1. The third-order valence-electron chi connectivity index (χ3n) is 4.26. The third kappa shape index (κ3) is 3.94. The van der Waals surface area contributed by atoms with Gasteiger partial charge < -0.3 is 11.1 Å². The summed E-state index contributed by atoms with van der Waals surface area (Å²) in [6.45, 7) is 2.07. The number of nitrogens with zero attached hydrogens (tertiary/aromatic N) is 3. The van der Waals surface area contributed by atoms with E-state index in [0.717, 1.165) is 18.5 Å². The molecule has 1 unspecified atom stereocenters. The lowest BCUT2D eigenvalue weighted by Gasteiger charge is -2.12. The Morgan fingerprint density at radius 3 is 2.71 bits per heavy atom. The maximum Gasteiger partial charge on any atom is 0.271 e. The fourth-order valence-corrected chi connectivity index (χ4v) is 3.61. The maximum atomic E-state index is 12.9. The van der Waals surface area contributed by atoms with E-state index < -0.39 is 22.6 Å². The van der Waals surface area contributed by atoms with Crippen molar-refractivity contribution in [1.29, 1.82) is 0 Å². The van der Waals surface area contributed by atoms with Crippen LogP contribution >= 0.6 is 0 Å². The van der Waals surface area contributed by atoms with Crippen molar-refractivity contribution in [3.8, 4) is 0 Å². The first kappa shape index (κ1) is 19.7. The number of carbonyl (C=O) groups is 2. The van der Waals surface area contributed by atoms with Crippen LogP contribution in [0.4, 0.5) is 5.82 Å². The molecule has 28 heavy (non-hydrogen) atoms. The molecule has 3 N–H and O–H groups in total. The molecule has 2 amide bonds. The number of benzene rings is 1. The molecule has 0 radical (unpaired) electrons. The number of hydrogen-bond acceptors (Lipinski definition) is 5. The molecule has 0 aliphatic carbocycles. The molecule has 0 saturated heterocycles. The molecule has 2 aromatic heterocycles. The zero-order chi connectivity index (χ0) is 20.3. The summed E-state index contributed by atoms with van der Waals surface area (Å²) < 4.78 is 13.5. The van der Waals surface area contributed by atoms with Crippen LogP contribution in [0.3, 0.4) is 0 Å². The molecular formula is C19H21N5O3S. The number of imidazole rings is 1. The molecule has 0 aliphatic rings. The normalized spacial score (nSPS) is 12.1. The van der Waals surface area contributed by atoms with Crippen LogP contribution in [0.5, 0.6) is 0 Å². The van der Waals surface area contributed by atoms with Gasteiger partial charge in [0.05, 0.1) is 21.3 Å². The summed E-state index contributed by atoms with van der Waals surface area (Å²) in [5.74, 6) is -0.682. The number of nitrogens with two attached hydrogens (primary N) is 1. The molecule has 9 heteroatoms. The van der Waals surface area contributed by atoms with E-state index in [1.807, 2.05) is 0 Å². The Bertz CT molecular complexity index is 1080. The molecule has 0 bridgehead atoms. The van der Waals surface area contributed by atoms with Gasteiger partial charge in [0.2, 0.25) is 0 Å². The van der Waals surface area contributed by atoms with E-state index in [4.69, 9.17) is 5.73 Å². The summed E-state index contributed by atoms with van der Waals surface area (Å²) in [4.78, 5) is 33.5. The standard InChI is InChI=1S/C19H21N5O3S/c1-3-4-7-12-10-15(24-11-21-16(17(20)25)18(24)22-12)23-19(26)13-8-5-6-9-14(13)28(2)27/h5-6,8-11H,3-4,7H2,1-2H3,(H2,20,25)(H,23,26). The second-order valence-electron chi connectivity index (χ2n) is 6.29. The lowest BCUT2D eigenvalue weighted by Crippen LogP contribution is -2.18. The average Bonchev–Trinajstić information content (AvgIpc) is 3.10. The zero-order valence-electron chi connectivity index (χ0n) is 15.6. The van der Waals surface area contributed by atoms with Gasteiger partial charge in [-0.2, -0.15) is 0 Å². The van der Waals surface area contributed by atoms with Gasteiger partial charge >= 0.3 is 0 Å². The van der Waals surface area contributed by atoms with Gasteiger partial charge in [0, 0.05) is 18.0 Å². The summed E-state index contributed by atoms with van der Waals surface area (Å²) in [5.41, 5.74) is 6.77. The van der Waals surface area contributed by atoms with Gasteiger partial charge in [0.1, 0.15) is 12.1 Å². The third-order valence-corrected chi connectivity index (χ3v) is 5.23. The number of aryl methyl sites for hydroxylation is 1. The lowest BCUT2D eigenvalue weighted by atomic mass is 10.2. The smallest absolute Gasteiger partial charge is 0.271 e. The SMILES string of the molecule is CCCCc1cc(NC(=O)c2ccccc2S(C)=O)n2cnc(C(N)=O)c2n1. The molecule has 2 heterocycles. The minimum absolute atomic E-state index is 0.0453. The van der Waals surface area contributed by atoms with Crippen molar-refractivity contribution >= 4 is 34.1 Å². The monoisotopic (exact) mass is 399 g/mol. The van der Waals surface area contributed by atoms with Crippen LogP contribution in [-0.4, -0.2) is 36.6 Å². The predicted octanol–water partition coefficient (Wildman–Crippen LogP) is 2.16. The van der Waals surface area contributed by atoms with Gasteiger partial charge in [-0.1, -0.05) is 25.5 Å². The van der Waals surface area contributed by atoms with E-state index in [1.165, 1.54) is 17.0 Å². The number of hydrogen-bond donors (Lipinski definition) is 2. The topological polar surface area (TPSA) is 119 Å². The van der Waals surface area contributed by atoms with Crippen molar-refractivity contribution in [2.75, 3.05) is 11.6 Å². The van der Waals surface area contributed by atoms with Gasteiger partial charge in [-0.25, -0.2) is 9.97 Å². The second kappa shape index (κ2) is 8.30. The van der Waals surface area contributed by atoms with E-state index in [2.05, 4.69) is 22.2 Å². The van der Waals surface area contributed by atoms with Gasteiger partial charge in [0.25, 0.3) is 11.8 Å². The Labute approximate surface area is 164 Å². The summed E-state index contributed by atoms with van der Waals surface area (Å²) in [6.07, 6.45) is 5.50. The van der Waals surface area contributed by atoms with Gasteiger partial charge in [0.15, 0.2) is 11.3 Å². The number of carbonyl (C=O) groups excluding carboxylic acids is 2. The highest BCUT2D eigenvalue weighted by Crippen LogP contribution is 2.20. The number of aromatic nitrogens is 3. The fraction of sp³-hybridized carbons (Fsp3) is 0.263. The molecule has 0 saturated carbocycles. The average molecular weight is 399 g/mol. The largest absolute Gasteiger partial charge is 0.364 e. The van der Waals surface area contributed by atoms with E-state index in [9.17, 15) is 13.8 Å². The van der Waals surface area contributed by atoms with Crippen LogP contribution < -0.4 is 11.1 Å². The zero-order valence-corrected chi connectivity index (χ0v) is 16.5. The lowest BCUT2D eigenvalue weighted by molar-refractivity contribution is 0.0995. The Kier molecular flexibility index (Phi) is 5.84. The molecular weight excluding hydrogens is 378 g/mol. The van der Waals surface area contributed by atoms with Crippen molar-refractivity contribution in [1.82, 2.24) is 14.4 Å². The first-order chi connectivity index (χ1) is 13.4. The number of primary amides is 1. The second-order valence-corrected chi connectivity index (χ2v) is 7.64. The maximum absolute atomic E-state index is 12.9. The molecule has 1 aromatic carbocycles. The molecule has 3 aromatic rings. The first-order valence-corrected chi connectivity index (χ1v) is 10.4. The highest BCUT2D eigenvalue weighted by molar-refractivity contribution is 7.84. The molecule has 0 fully saturated rings. The molecule has 0 aliphatic heterocycles. The van der Waals surface area contributed by atoms with Crippen LogP contribution in [0.2, 0.25) is 0 Å². The Morgan fingerprint density at radius 2 is 2.04 bits per heavy atom. The van der Waals surface area contributed by atoms with Crippen LogP contribution in [0.1, 0.15) is 46.3 Å². The van der Waals surface area contributed by atoms with Gasteiger partial charge in [-0.05, 0) is 25.0 Å². The minimum atomic E-state index is -1.31. The quantitative estimate of drug-likeness (QED) is 0.631. The van der Waals surface area contributed by atoms with Crippen molar-refractivity contribution in [2.45, 2.75) is 31.1 Å². The van der Waals surface area contributed by atoms with Crippen molar-refractivity contribution in [2.24, 2.45) is 5.73 Å². The van der Waals surface area contributed by atoms with Gasteiger partial charge in [-0.15, -0.1) is 0 Å². The highest BCUT2D eigenvalue weighted by atomic mass is 32.2. The number of anilines is 1. The van der Waals surface area contributed by atoms with Crippen LogP contribution in [0, 0.1) is 0 Å². The molecule has 0 spiro atoms. The molecule has 3 rings (SSSR count). The summed E-state index contributed by atoms with van der Waals surface area (Å²) in [5, 5.41) is 2.82. The number of unbranched alkanes of at least 4 members (excludes halogenated alkanes) is 1. The van der Waals surface area contributed by atoms with E-state index in [0.29, 0.717) is 28.3 Å². The van der Waals surface area contributed by atoms with Crippen molar-refractivity contribution in [3.63, 3.8) is 0 Å². The van der Waals surface area contributed by atoms with Crippen LogP contribution in [0.25, 0.3) is 5.65 Å². The summed E-state index contributed by atoms with van der Waals surface area (Å²) in [6, 6.07) is 8.46. The van der Waals surface area contributed by atoms with Gasteiger partial charge in [-0.3, -0.25) is 18.2 Å². The van der Waals surface area contributed by atoms with Crippen molar-refractivity contribution < 1.29 is 13.8 Å².